The minimum absolute atomic E-state index is 0.110. The third kappa shape index (κ3) is 8.23. The summed E-state index contributed by atoms with van der Waals surface area (Å²) in [5.41, 5.74) is 4.52. The Morgan fingerprint density at radius 2 is 1.65 bits per heavy atom. The van der Waals surface area contributed by atoms with Crippen molar-refractivity contribution in [3.63, 3.8) is 0 Å². The Morgan fingerprint density at radius 1 is 0.982 bits per heavy atom. The molecule has 0 radical (unpaired) electrons. The van der Waals surface area contributed by atoms with Gasteiger partial charge in [0, 0.05) is 49.5 Å². The van der Waals surface area contributed by atoms with Gasteiger partial charge in [0.1, 0.15) is 23.4 Å². The van der Waals surface area contributed by atoms with Crippen LogP contribution in [0.5, 0.6) is 17.2 Å². The molecule has 3 aliphatic rings. The van der Waals surface area contributed by atoms with Crippen LogP contribution in [0.25, 0.3) is 0 Å². The van der Waals surface area contributed by atoms with Crippen molar-refractivity contribution in [2.45, 2.75) is 68.5 Å². The van der Waals surface area contributed by atoms with Crippen molar-refractivity contribution in [1.29, 1.82) is 0 Å². The van der Waals surface area contributed by atoms with Crippen molar-refractivity contribution in [2.24, 2.45) is 11.8 Å². The minimum atomic E-state index is -4.04. The number of hydrogen-bond acceptors (Lipinski definition) is 8. The van der Waals surface area contributed by atoms with Crippen LogP contribution >= 0.6 is 11.6 Å². The van der Waals surface area contributed by atoms with Crippen molar-refractivity contribution < 1.29 is 32.2 Å². The largest absolute Gasteiger partial charge is 0.497 e. The molecule has 4 aromatic carbocycles. The van der Waals surface area contributed by atoms with E-state index in [1.165, 1.54) is 22.4 Å². The first-order valence-electron chi connectivity index (χ1n) is 18.9. The number of carbonyl (C=O) groups is 1. The van der Waals surface area contributed by atoms with Gasteiger partial charge in [-0.05, 0) is 115 Å². The monoisotopic (exact) mass is 784 g/mol. The SMILES string of the molecule is C=C[C@H](OC(C)=O)[C@@H]1CC[C@H]1CN1C[C@@]2(CCCc3cc(Cl)ccc32)COc2ccc(S(=O)(=O)N(Cc3ccc(OC)cc3)Cc3ccc(OC)cc3)cc21. The number of aryl methyl sites for hydroxylation is 1. The summed E-state index contributed by atoms with van der Waals surface area (Å²) in [6.07, 6.45) is 6.07. The summed E-state index contributed by atoms with van der Waals surface area (Å²) in [4.78, 5) is 14.5. The molecule has 0 unspecified atom stereocenters. The average molecular weight is 785 g/mol. The molecule has 0 bridgehead atoms. The highest BCUT2D eigenvalue weighted by Crippen LogP contribution is 2.47. The summed E-state index contributed by atoms with van der Waals surface area (Å²) in [5.74, 6) is 2.01. The highest BCUT2D eigenvalue weighted by molar-refractivity contribution is 7.89. The fourth-order valence-electron chi connectivity index (χ4n) is 8.54. The molecular formula is C44H49ClN2O7S. The Labute approximate surface area is 329 Å². The predicted octanol–water partition coefficient (Wildman–Crippen LogP) is 8.37. The van der Waals surface area contributed by atoms with Crippen LogP contribution < -0.4 is 19.1 Å². The van der Waals surface area contributed by atoms with E-state index in [2.05, 4.69) is 23.6 Å². The average Bonchev–Trinajstić information content (AvgIpc) is 3.32. The molecular weight excluding hydrogens is 736 g/mol. The second-order valence-corrected chi connectivity index (χ2v) is 17.4. The zero-order valence-corrected chi connectivity index (χ0v) is 33.3. The smallest absolute Gasteiger partial charge is 0.303 e. The van der Waals surface area contributed by atoms with Crippen LogP contribution in [0.3, 0.4) is 0 Å². The van der Waals surface area contributed by atoms with Gasteiger partial charge in [0.05, 0.1) is 31.4 Å². The first-order valence-corrected chi connectivity index (χ1v) is 20.7. The number of sulfonamides is 1. The highest BCUT2D eigenvalue weighted by Gasteiger charge is 2.45. The first kappa shape index (κ1) is 38.8. The third-order valence-corrected chi connectivity index (χ3v) is 13.6. The summed E-state index contributed by atoms with van der Waals surface area (Å²) in [5, 5.41) is 0.715. The van der Waals surface area contributed by atoms with Crippen LogP contribution in [0.1, 0.15) is 54.9 Å². The molecule has 55 heavy (non-hydrogen) atoms. The molecule has 9 nitrogen and oxygen atoms in total. The lowest BCUT2D eigenvalue weighted by atomic mass is 9.68. The van der Waals surface area contributed by atoms with Crippen molar-refractivity contribution in [3.8, 4) is 17.2 Å². The second kappa shape index (κ2) is 16.3. The van der Waals surface area contributed by atoms with Gasteiger partial charge in [-0.25, -0.2) is 8.42 Å². The molecule has 2 aliphatic carbocycles. The number of esters is 1. The van der Waals surface area contributed by atoms with Crippen LogP contribution in [0.2, 0.25) is 5.02 Å². The van der Waals surface area contributed by atoms with E-state index in [1.54, 1.807) is 32.4 Å². The van der Waals surface area contributed by atoms with Gasteiger partial charge in [-0.3, -0.25) is 4.79 Å². The normalized spacial score (nSPS) is 21.0. The molecule has 1 spiro atoms. The Balaban J connectivity index is 1.27. The molecule has 0 saturated heterocycles. The van der Waals surface area contributed by atoms with E-state index >= 15 is 0 Å². The fourth-order valence-corrected chi connectivity index (χ4v) is 10.2. The first-order chi connectivity index (χ1) is 26.5. The number of ether oxygens (including phenoxy) is 4. The molecule has 1 heterocycles. The Morgan fingerprint density at radius 3 is 2.24 bits per heavy atom. The van der Waals surface area contributed by atoms with Gasteiger partial charge in [0.2, 0.25) is 10.0 Å². The second-order valence-electron chi connectivity index (χ2n) is 15.0. The molecule has 11 heteroatoms. The van der Waals surface area contributed by atoms with Gasteiger partial charge in [0.15, 0.2) is 0 Å². The molecule has 0 aromatic heterocycles. The quantitative estimate of drug-likeness (QED) is 0.0987. The van der Waals surface area contributed by atoms with Crippen molar-refractivity contribution in [2.75, 3.05) is 38.8 Å². The number of fused-ring (bicyclic) bond motifs is 3. The summed E-state index contributed by atoms with van der Waals surface area (Å²) >= 11 is 6.49. The lowest BCUT2D eigenvalue weighted by Gasteiger charge is -2.45. The standard InChI is InChI=1S/C44H49ClN2O7S/c1-5-42(54-30(2)48)39-19-12-34(39)27-46-28-44(22-6-7-33-23-35(45)13-20-40(33)44)29-53-43-21-18-38(24-41(43)46)55(49,50)47(25-31-8-14-36(51-3)15-9-31)26-32-10-16-37(52-4)17-11-32/h5,8-11,13-18,20-21,23-24,34,39,42H,1,6-7,12,19,22,25-29H2,2-4H3/t34-,39+,42-,44-/m0/s1. The van der Waals surface area contributed by atoms with E-state index in [1.807, 2.05) is 60.7 Å². The summed E-state index contributed by atoms with van der Waals surface area (Å²) < 4.78 is 54.4. The number of benzene rings is 4. The van der Waals surface area contributed by atoms with Gasteiger partial charge in [0.25, 0.3) is 0 Å². The number of hydrogen-bond donors (Lipinski definition) is 0. The van der Waals surface area contributed by atoms with Gasteiger partial charge in [-0.2, -0.15) is 4.31 Å². The molecule has 4 aromatic rings. The Bertz CT molecular complexity index is 2080. The molecule has 1 aliphatic heterocycles. The van der Waals surface area contributed by atoms with Crippen molar-refractivity contribution >= 4 is 33.3 Å². The maximum atomic E-state index is 14.9. The van der Waals surface area contributed by atoms with Crippen molar-refractivity contribution in [1.82, 2.24) is 4.31 Å². The zero-order valence-electron chi connectivity index (χ0n) is 31.7. The molecule has 0 amide bonds. The number of nitrogens with zero attached hydrogens (tertiary/aromatic N) is 2. The number of halogens is 1. The van der Waals surface area contributed by atoms with Crippen LogP contribution in [0.15, 0.2) is 102 Å². The van der Waals surface area contributed by atoms with Gasteiger partial charge < -0.3 is 23.8 Å². The summed E-state index contributed by atoms with van der Waals surface area (Å²) in [6.45, 7) is 7.44. The van der Waals surface area contributed by atoms with Crippen molar-refractivity contribution in [3.05, 3.63) is 125 Å². The molecule has 1 fully saturated rings. The minimum Gasteiger partial charge on any atom is -0.497 e. The van der Waals surface area contributed by atoms with Crippen LogP contribution in [-0.2, 0) is 44.5 Å². The fraction of sp³-hybridized carbons (Fsp3) is 0.386. The number of anilines is 1. The van der Waals surface area contributed by atoms with Crippen LogP contribution in [0.4, 0.5) is 5.69 Å². The van der Waals surface area contributed by atoms with Gasteiger partial charge in [-0.1, -0.05) is 54.6 Å². The predicted molar refractivity (Wildman–Crippen MR) is 215 cm³/mol. The van der Waals surface area contributed by atoms with E-state index < -0.39 is 10.0 Å². The van der Waals surface area contributed by atoms with E-state index in [9.17, 15) is 13.2 Å². The highest BCUT2D eigenvalue weighted by atomic mass is 35.5. The Kier molecular flexibility index (Phi) is 11.5. The zero-order chi connectivity index (χ0) is 38.7. The van der Waals surface area contributed by atoms with E-state index in [0.29, 0.717) is 42.0 Å². The maximum absolute atomic E-state index is 14.9. The van der Waals surface area contributed by atoms with Gasteiger partial charge in [-0.15, -0.1) is 0 Å². The number of carbonyl (C=O) groups excluding carboxylic acids is 1. The van der Waals surface area contributed by atoms with Crippen LogP contribution in [0, 0.1) is 11.8 Å². The molecule has 7 rings (SSSR count). The third-order valence-electron chi connectivity index (χ3n) is 11.6. The lowest BCUT2D eigenvalue weighted by molar-refractivity contribution is -0.149. The van der Waals surface area contributed by atoms with E-state index in [4.69, 9.17) is 30.5 Å². The maximum Gasteiger partial charge on any atom is 0.303 e. The molecule has 290 valence electrons. The lowest BCUT2D eigenvalue weighted by Crippen LogP contribution is -2.49. The molecule has 0 N–H and O–H groups in total. The number of rotatable bonds is 13. The summed E-state index contributed by atoms with van der Waals surface area (Å²) in [7, 11) is -0.832. The van der Waals surface area contributed by atoms with E-state index in [0.717, 1.165) is 48.9 Å². The van der Waals surface area contributed by atoms with Gasteiger partial charge >= 0.3 is 5.97 Å². The topological polar surface area (TPSA) is 94.6 Å². The summed E-state index contributed by atoms with van der Waals surface area (Å²) in [6, 6.07) is 26.3. The Hall–Kier alpha value is -4.51. The van der Waals surface area contributed by atoms with Crippen LogP contribution in [-0.4, -0.2) is 58.7 Å². The molecule has 4 atom stereocenters. The van der Waals surface area contributed by atoms with E-state index in [-0.39, 0.29) is 47.3 Å². The number of methoxy groups -OCH3 is 2. The molecule has 1 saturated carbocycles.